The third-order valence-electron chi connectivity index (χ3n) is 4.35. The van der Waals surface area contributed by atoms with E-state index in [0.29, 0.717) is 5.69 Å². The average molecular weight is 308 g/mol. The smallest absolute Gasteiger partial charge is 0.256 e. The first-order valence-corrected chi connectivity index (χ1v) is 7.73. The monoisotopic (exact) mass is 308 g/mol. The Morgan fingerprint density at radius 3 is 2.39 bits per heavy atom. The first kappa shape index (κ1) is 15.3. The van der Waals surface area contributed by atoms with Gasteiger partial charge in [0.05, 0.1) is 12.1 Å². The number of para-hydroxylation sites is 1. The van der Waals surface area contributed by atoms with E-state index in [0.717, 1.165) is 16.8 Å². The van der Waals surface area contributed by atoms with Crippen LogP contribution in [-0.4, -0.2) is 17.9 Å². The summed E-state index contributed by atoms with van der Waals surface area (Å²) in [7, 11) is 0. The molecular weight excluding hydrogens is 288 g/mol. The number of imide groups is 1. The van der Waals surface area contributed by atoms with Crippen molar-refractivity contribution in [2.45, 2.75) is 33.2 Å². The molecule has 1 atom stereocenters. The molecule has 1 saturated heterocycles. The van der Waals surface area contributed by atoms with Crippen molar-refractivity contribution >= 4 is 23.2 Å². The van der Waals surface area contributed by atoms with Gasteiger partial charge >= 0.3 is 0 Å². The van der Waals surface area contributed by atoms with Crippen molar-refractivity contribution in [1.29, 1.82) is 0 Å². The first-order chi connectivity index (χ1) is 11.0. The van der Waals surface area contributed by atoms with Crippen LogP contribution in [0.15, 0.2) is 42.5 Å². The van der Waals surface area contributed by atoms with Crippen LogP contribution in [0.1, 0.15) is 23.1 Å². The largest absolute Gasteiger partial charge is 0.373 e. The fraction of sp³-hybridized carbons (Fsp3) is 0.263. The van der Waals surface area contributed by atoms with Gasteiger partial charge in [0.25, 0.3) is 5.91 Å². The Bertz CT molecular complexity index is 783. The van der Waals surface area contributed by atoms with Crippen molar-refractivity contribution in [2.75, 3.05) is 10.2 Å². The fourth-order valence-electron chi connectivity index (χ4n) is 2.84. The van der Waals surface area contributed by atoms with Gasteiger partial charge in [0.15, 0.2) is 0 Å². The van der Waals surface area contributed by atoms with Gasteiger partial charge in [-0.3, -0.25) is 9.59 Å². The Morgan fingerprint density at radius 1 is 0.957 bits per heavy atom. The number of hydrogen-bond acceptors (Lipinski definition) is 3. The zero-order valence-corrected chi connectivity index (χ0v) is 13.6. The summed E-state index contributed by atoms with van der Waals surface area (Å²) in [4.78, 5) is 26.3. The second-order valence-electron chi connectivity index (χ2n) is 6.05. The van der Waals surface area contributed by atoms with Gasteiger partial charge in [-0.25, -0.2) is 4.90 Å². The summed E-state index contributed by atoms with van der Waals surface area (Å²) in [6, 6.07) is 12.9. The third kappa shape index (κ3) is 2.84. The molecule has 0 unspecified atom stereocenters. The Morgan fingerprint density at radius 2 is 1.70 bits per heavy atom. The van der Waals surface area contributed by atoms with Crippen molar-refractivity contribution < 1.29 is 9.59 Å². The molecule has 4 nitrogen and oxygen atoms in total. The molecule has 1 heterocycles. The van der Waals surface area contributed by atoms with Gasteiger partial charge in [-0.2, -0.15) is 0 Å². The highest BCUT2D eigenvalue weighted by molar-refractivity contribution is 6.23. The number of amides is 2. The van der Waals surface area contributed by atoms with Crippen LogP contribution in [0.25, 0.3) is 0 Å². The molecule has 3 rings (SSSR count). The molecule has 1 N–H and O–H groups in total. The Balaban J connectivity index is 1.84. The van der Waals surface area contributed by atoms with Crippen LogP contribution in [0.3, 0.4) is 0 Å². The maximum atomic E-state index is 12.7. The van der Waals surface area contributed by atoms with Crippen molar-refractivity contribution in [1.82, 2.24) is 0 Å². The Kier molecular flexibility index (Phi) is 3.90. The minimum Gasteiger partial charge on any atom is -0.373 e. The number of aryl methyl sites for hydroxylation is 3. The van der Waals surface area contributed by atoms with Gasteiger partial charge in [0.2, 0.25) is 5.91 Å². The molecule has 1 aliphatic heterocycles. The predicted octanol–water partition coefficient (Wildman–Crippen LogP) is 3.36. The molecule has 0 saturated carbocycles. The van der Waals surface area contributed by atoms with Gasteiger partial charge in [0.1, 0.15) is 6.04 Å². The summed E-state index contributed by atoms with van der Waals surface area (Å²) in [5.41, 5.74) is 4.81. The summed E-state index contributed by atoms with van der Waals surface area (Å²) in [6.07, 6.45) is 0.181. The molecule has 0 spiro atoms. The third-order valence-corrected chi connectivity index (χ3v) is 4.35. The molecule has 0 aromatic heterocycles. The Hall–Kier alpha value is -2.62. The van der Waals surface area contributed by atoms with E-state index in [4.69, 9.17) is 0 Å². The van der Waals surface area contributed by atoms with E-state index in [2.05, 4.69) is 5.32 Å². The predicted molar refractivity (Wildman–Crippen MR) is 91.6 cm³/mol. The molecule has 2 aromatic rings. The van der Waals surface area contributed by atoms with Crippen LogP contribution in [0.5, 0.6) is 0 Å². The van der Waals surface area contributed by atoms with Gasteiger partial charge in [-0.1, -0.05) is 24.3 Å². The van der Waals surface area contributed by atoms with E-state index in [1.165, 1.54) is 10.5 Å². The van der Waals surface area contributed by atoms with Crippen molar-refractivity contribution in [2.24, 2.45) is 0 Å². The van der Waals surface area contributed by atoms with Crippen LogP contribution >= 0.6 is 0 Å². The summed E-state index contributed by atoms with van der Waals surface area (Å²) < 4.78 is 0. The van der Waals surface area contributed by atoms with Crippen LogP contribution in [-0.2, 0) is 9.59 Å². The lowest BCUT2D eigenvalue weighted by Gasteiger charge is -2.18. The molecule has 0 aliphatic carbocycles. The van der Waals surface area contributed by atoms with Gasteiger partial charge in [-0.15, -0.1) is 0 Å². The van der Waals surface area contributed by atoms with Crippen LogP contribution < -0.4 is 10.2 Å². The molecule has 118 valence electrons. The number of hydrogen-bond donors (Lipinski definition) is 1. The van der Waals surface area contributed by atoms with E-state index in [1.54, 1.807) is 0 Å². The van der Waals surface area contributed by atoms with E-state index < -0.39 is 6.04 Å². The van der Waals surface area contributed by atoms with Crippen molar-refractivity contribution in [3.8, 4) is 0 Å². The number of nitrogens with one attached hydrogen (secondary N) is 1. The minimum absolute atomic E-state index is 0.161. The number of benzene rings is 2. The highest BCUT2D eigenvalue weighted by Gasteiger charge is 2.40. The van der Waals surface area contributed by atoms with E-state index in [1.807, 2.05) is 63.2 Å². The first-order valence-electron chi connectivity index (χ1n) is 7.73. The number of carbonyl (C=O) groups is 2. The summed E-state index contributed by atoms with van der Waals surface area (Å²) in [6.45, 7) is 5.98. The van der Waals surface area contributed by atoms with E-state index in [9.17, 15) is 9.59 Å². The van der Waals surface area contributed by atoms with Gasteiger partial charge in [-0.05, 0) is 55.7 Å². The topological polar surface area (TPSA) is 49.4 Å². The van der Waals surface area contributed by atoms with Gasteiger partial charge in [0, 0.05) is 5.69 Å². The molecule has 4 heteroatoms. The number of rotatable bonds is 3. The molecule has 0 radical (unpaired) electrons. The van der Waals surface area contributed by atoms with Crippen LogP contribution in [0, 0.1) is 20.8 Å². The van der Waals surface area contributed by atoms with E-state index in [-0.39, 0.29) is 18.2 Å². The van der Waals surface area contributed by atoms with E-state index >= 15 is 0 Å². The summed E-state index contributed by atoms with van der Waals surface area (Å²) in [5.74, 6) is -0.354. The quantitative estimate of drug-likeness (QED) is 0.885. The number of carbonyl (C=O) groups excluding carboxylic acids is 2. The molecule has 1 fully saturated rings. The second-order valence-corrected chi connectivity index (χ2v) is 6.05. The number of anilines is 2. The molecule has 2 aromatic carbocycles. The fourth-order valence-corrected chi connectivity index (χ4v) is 2.84. The molecule has 2 amide bonds. The molecule has 0 bridgehead atoms. The SMILES string of the molecule is Cc1ccc(N[C@@H]2CC(=O)N(c3ccccc3C)C2=O)cc1C. The standard InChI is InChI=1S/C19H20N2O2/c1-12-8-9-15(10-14(12)3)20-16-11-18(22)21(19(16)23)17-7-5-4-6-13(17)2/h4-10,16,20H,11H2,1-3H3/t16-/m1/s1. The lowest BCUT2D eigenvalue weighted by molar-refractivity contribution is -0.121. The van der Waals surface area contributed by atoms with Crippen LogP contribution in [0.2, 0.25) is 0 Å². The maximum absolute atomic E-state index is 12.7. The Labute approximate surface area is 136 Å². The zero-order chi connectivity index (χ0) is 16.6. The summed E-state index contributed by atoms with van der Waals surface area (Å²) in [5, 5.41) is 3.20. The highest BCUT2D eigenvalue weighted by atomic mass is 16.2. The summed E-state index contributed by atoms with van der Waals surface area (Å²) >= 11 is 0. The molecule has 23 heavy (non-hydrogen) atoms. The lowest BCUT2D eigenvalue weighted by Crippen LogP contribution is -2.35. The normalized spacial score (nSPS) is 17.7. The second kappa shape index (κ2) is 5.88. The van der Waals surface area contributed by atoms with Crippen LogP contribution in [0.4, 0.5) is 11.4 Å². The van der Waals surface area contributed by atoms with Crippen molar-refractivity contribution in [3.63, 3.8) is 0 Å². The molecular formula is C19H20N2O2. The van der Waals surface area contributed by atoms with Gasteiger partial charge < -0.3 is 5.32 Å². The zero-order valence-electron chi connectivity index (χ0n) is 13.6. The number of nitrogens with zero attached hydrogens (tertiary/aromatic N) is 1. The minimum atomic E-state index is -0.510. The van der Waals surface area contributed by atoms with Crippen molar-refractivity contribution in [3.05, 3.63) is 59.2 Å². The lowest BCUT2D eigenvalue weighted by atomic mass is 10.1. The highest BCUT2D eigenvalue weighted by Crippen LogP contribution is 2.27. The average Bonchev–Trinajstić information content (AvgIpc) is 2.78. The molecule has 1 aliphatic rings. The maximum Gasteiger partial charge on any atom is 0.256 e.